The van der Waals surface area contributed by atoms with E-state index in [-0.39, 0.29) is 11.8 Å². The lowest BCUT2D eigenvalue weighted by molar-refractivity contribution is 0.371. The molecule has 0 saturated heterocycles. The number of hydrogen-bond acceptors (Lipinski definition) is 4. The standard InChI is InChI=1S/C9H13IN2O2/c1-14-8-3-5(7(12)4-11)2-6(10)9(8)13/h2-3,7,13H,4,11-12H2,1H3/t7-/m0/s1. The highest BCUT2D eigenvalue weighted by Gasteiger charge is 2.11. The summed E-state index contributed by atoms with van der Waals surface area (Å²) in [5, 5.41) is 9.57. The molecule has 0 radical (unpaired) electrons. The van der Waals surface area contributed by atoms with Crippen LogP contribution in [0, 0.1) is 3.57 Å². The van der Waals surface area contributed by atoms with Gasteiger partial charge in [0, 0.05) is 12.6 Å². The molecule has 0 aliphatic rings. The third-order valence-electron chi connectivity index (χ3n) is 1.95. The normalized spacial score (nSPS) is 12.6. The van der Waals surface area contributed by atoms with Crippen LogP contribution < -0.4 is 16.2 Å². The van der Waals surface area contributed by atoms with Gasteiger partial charge in [-0.3, -0.25) is 0 Å². The molecular formula is C9H13IN2O2. The quantitative estimate of drug-likeness (QED) is 0.727. The van der Waals surface area contributed by atoms with Gasteiger partial charge in [0.15, 0.2) is 11.5 Å². The van der Waals surface area contributed by atoms with Gasteiger partial charge >= 0.3 is 0 Å². The highest BCUT2D eigenvalue weighted by molar-refractivity contribution is 14.1. The molecule has 1 aromatic rings. The fourth-order valence-electron chi connectivity index (χ4n) is 1.10. The van der Waals surface area contributed by atoms with Crippen LogP contribution in [-0.2, 0) is 0 Å². The molecule has 0 heterocycles. The summed E-state index contributed by atoms with van der Waals surface area (Å²) in [5.41, 5.74) is 12.1. The lowest BCUT2D eigenvalue weighted by atomic mass is 10.1. The number of methoxy groups -OCH3 is 1. The highest BCUT2D eigenvalue weighted by Crippen LogP contribution is 2.33. The van der Waals surface area contributed by atoms with E-state index < -0.39 is 0 Å². The summed E-state index contributed by atoms with van der Waals surface area (Å²) in [6.07, 6.45) is 0. The third-order valence-corrected chi connectivity index (χ3v) is 2.78. The maximum atomic E-state index is 9.57. The number of benzene rings is 1. The molecule has 0 unspecified atom stereocenters. The molecule has 0 bridgehead atoms. The van der Waals surface area contributed by atoms with Crippen molar-refractivity contribution in [3.8, 4) is 11.5 Å². The number of ether oxygens (including phenoxy) is 1. The van der Waals surface area contributed by atoms with Gasteiger partial charge in [-0.05, 0) is 40.3 Å². The predicted octanol–water partition coefficient (Wildman–Crippen LogP) is 0.964. The van der Waals surface area contributed by atoms with Crippen molar-refractivity contribution in [2.45, 2.75) is 6.04 Å². The Hall–Kier alpha value is -0.530. The first kappa shape index (κ1) is 11.5. The van der Waals surface area contributed by atoms with E-state index in [1.165, 1.54) is 7.11 Å². The molecule has 1 rings (SSSR count). The molecule has 1 atom stereocenters. The molecule has 0 aliphatic carbocycles. The van der Waals surface area contributed by atoms with E-state index in [4.69, 9.17) is 16.2 Å². The molecule has 5 heteroatoms. The zero-order chi connectivity index (χ0) is 10.7. The Morgan fingerprint density at radius 3 is 2.71 bits per heavy atom. The Kier molecular flexibility index (Phi) is 3.97. The molecule has 5 N–H and O–H groups in total. The highest BCUT2D eigenvalue weighted by atomic mass is 127. The molecule has 0 aromatic heterocycles. The predicted molar refractivity (Wildman–Crippen MR) is 63.4 cm³/mol. The van der Waals surface area contributed by atoms with Crippen LogP contribution >= 0.6 is 22.6 Å². The Morgan fingerprint density at radius 1 is 1.57 bits per heavy atom. The second-order valence-corrected chi connectivity index (χ2v) is 4.06. The average Bonchev–Trinajstić information content (AvgIpc) is 2.20. The summed E-state index contributed by atoms with van der Waals surface area (Å²) in [4.78, 5) is 0. The van der Waals surface area contributed by atoms with E-state index in [0.29, 0.717) is 15.9 Å². The summed E-state index contributed by atoms with van der Waals surface area (Å²) in [6.45, 7) is 0.365. The number of phenols is 1. The van der Waals surface area contributed by atoms with E-state index in [1.54, 1.807) is 12.1 Å². The van der Waals surface area contributed by atoms with Crippen molar-refractivity contribution in [3.05, 3.63) is 21.3 Å². The van der Waals surface area contributed by atoms with Crippen molar-refractivity contribution < 1.29 is 9.84 Å². The molecule has 0 amide bonds. The van der Waals surface area contributed by atoms with E-state index in [0.717, 1.165) is 5.56 Å². The monoisotopic (exact) mass is 308 g/mol. The largest absolute Gasteiger partial charge is 0.504 e. The summed E-state index contributed by atoms with van der Waals surface area (Å²) in [7, 11) is 1.50. The molecule has 0 aliphatic heterocycles. The van der Waals surface area contributed by atoms with Crippen LogP contribution in [-0.4, -0.2) is 18.8 Å². The van der Waals surface area contributed by atoms with Gasteiger partial charge in [0.05, 0.1) is 10.7 Å². The zero-order valence-corrected chi connectivity index (χ0v) is 9.98. The van der Waals surface area contributed by atoms with Crippen molar-refractivity contribution in [3.63, 3.8) is 0 Å². The molecule has 4 nitrogen and oxygen atoms in total. The van der Waals surface area contributed by atoms with Gasteiger partial charge in [-0.25, -0.2) is 0 Å². The number of phenolic OH excluding ortho intramolecular Hbond substituents is 1. The number of nitrogens with two attached hydrogens (primary N) is 2. The fraction of sp³-hybridized carbons (Fsp3) is 0.333. The van der Waals surface area contributed by atoms with Crippen LogP contribution in [0.3, 0.4) is 0 Å². The molecule has 0 fully saturated rings. The molecule has 1 aromatic carbocycles. The van der Waals surface area contributed by atoms with Gasteiger partial charge in [0.25, 0.3) is 0 Å². The Bertz CT molecular complexity index is 331. The summed E-state index contributed by atoms with van der Waals surface area (Å²) < 4.78 is 5.72. The number of halogens is 1. The smallest absolute Gasteiger partial charge is 0.171 e. The van der Waals surface area contributed by atoms with Crippen molar-refractivity contribution >= 4 is 22.6 Å². The Labute approximate surface area is 96.4 Å². The van der Waals surface area contributed by atoms with Crippen molar-refractivity contribution in [2.24, 2.45) is 11.5 Å². The van der Waals surface area contributed by atoms with Gasteiger partial charge in [0.2, 0.25) is 0 Å². The number of hydrogen-bond donors (Lipinski definition) is 3. The van der Waals surface area contributed by atoms with Crippen LogP contribution in [0.1, 0.15) is 11.6 Å². The van der Waals surface area contributed by atoms with Gasteiger partial charge < -0.3 is 21.3 Å². The first-order valence-electron chi connectivity index (χ1n) is 4.12. The van der Waals surface area contributed by atoms with E-state index in [2.05, 4.69) is 0 Å². The van der Waals surface area contributed by atoms with Crippen molar-refractivity contribution in [2.75, 3.05) is 13.7 Å². The van der Waals surface area contributed by atoms with Gasteiger partial charge in [-0.2, -0.15) is 0 Å². The van der Waals surface area contributed by atoms with Crippen LogP contribution in [0.15, 0.2) is 12.1 Å². The van der Waals surface area contributed by atoms with Gasteiger partial charge in [-0.15, -0.1) is 0 Å². The molecule has 0 spiro atoms. The molecular weight excluding hydrogens is 295 g/mol. The maximum absolute atomic E-state index is 9.57. The van der Waals surface area contributed by atoms with Gasteiger partial charge in [-0.1, -0.05) is 0 Å². The van der Waals surface area contributed by atoms with Crippen LogP contribution in [0.5, 0.6) is 11.5 Å². The second-order valence-electron chi connectivity index (χ2n) is 2.90. The number of aromatic hydroxyl groups is 1. The van der Waals surface area contributed by atoms with E-state index >= 15 is 0 Å². The minimum absolute atomic E-state index is 0.140. The second kappa shape index (κ2) is 4.81. The van der Waals surface area contributed by atoms with E-state index in [1.807, 2.05) is 22.6 Å². The molecule has 14 heavy (non-hydrogen) atoms. The van der Waals surface area contributed by atoms with Crippen LogP contribution in [0.2, 0.25) is 0 Å². The van der Waals surface area contributed by atoms with E-state index in [9.17, 15) is 5.11 Å². The summed E-state index contributed by atoms with van der Waals surface area (Å²) >= 11 is 2.02. The minimum atomic E-state index is -0.224. The number of rotatable bonds is 3. The van der Waals surface area contributed by atoms with Gasteiger partial charge in [0.1, 0.15) is 0 Å². The van der Waals surface area contributed by atoms with Crippen molar-refractivity contribution in [1.82, 2.24) is 0 Å². The first-order valence-corrected chi connectivity index (χ1v) is 5.20. The summed E-state index contributed by atoms with van der Waals surface area (Å²) in [6, 6.07) is 3.28. The topological polar surface area (TPSA) is 81.5 Å². The molecule has 0 saturated carbocycles. The Morgan fingerprint density at radius 2 is 2.21 bits per heavy atom. The fourth-order valence-corrected chi connectivity index (χ4v) is 1.72. The molecule has 78 valence electrons. The lowest BCUT2D eigenvalue weighted by Crippen LogP contribution is -2.20. The lowest BCUT2D eigenvalue weighted by Gasteiger charge is -2.13. The van der Waals surface area contributed by atoms with Crippen LogP contribution in [0.25, 0.3) is 0 Å². The first-order chi connectivity index (χ1) is 6.60. The average molecular weight is 308 g/mol. The third kappa shape index (κ3) is 2.28. The SMILES string of the molecule is COc1cc([C@@H](N)CN)cc(I)c1O. The zero-order valence-electron chi connectivity index (χ0n) is 7.83. The summed E-state index contributed by atoms with van der Waals surface area (Å²) in [5.74, 6) is 0.567. The van der Waals surface area contributed by atoms with Crippen molar-refractivity contribution in [1.29, 1.82) is 0 Å². The van der Waals surface area contributed by atoms with Crippen LogP contribution in [0.4, 0.5) is 0 Å². The minimum Gasteiger partial charge on any atom is -0.504 e. The maximum Gasteiger partial charge on any atom is 0.171 e. The Balaban J connectivity index is 3.16.